The molecule has 2 aliphatic heterocycles. The molecule has 2 aromatic heterocycles. The number of aliphatic imine (C=N–C) groups is 2. The molecule has 0 amide bonds. The van der Waals surface area contributed by atoms with Crippen LogP contribution >= 0.6 is 0 Å². The summed E-state index contributed by atoms with van der Waals surface area (Å²) >= 11 is 0. The number of hydrogen-bond donors (Lipinski definition) is 0. The van der Waals surface area contributed by atoms with Crippen molar-refractivity contribution in [2.24, 2.45) is 9.98 Å². The van der Waals surface area contributed by atoms with Crippen LogP contribution in [0.1, 0.15) is 34.6 Å². The van der Waals surface area contributed by atoms with E-state index < -0.39 is 0 Å². The Bertz CT molecular complexity index is 1260. The highest BCUT2D eigenvalue weighted by Crippen LogP contribution is 2.27. The maximum absolute atomic E-state index is 5.88. The van der Waals surface area contributed by atoms with E-state index in [4.69, 9.17) is 29.4 Å². The maximum Gasteiger partial charge on any atom is 0.236 e. The Morgan fingerprint density at radius 1 is 0.471 bits per heavy atom. The number of benzene rings is 2. The summed E-state index contributed by atoms with van der Waals surface area (Å²) < 4.78 is 11.8. The molecule has 0 spiro atoms. The molecule has 0 radical (unpaired) electrons. The Morgan fingerprint density at radius 3 is 1.32 bits per heavy atom. The third kappa shape index (κ3) is 4.06. The Hall–Kier alpha value is -4.32. The van der Waals surface area contributed by atoms with Crippen LogP contribution in [0.2, 0.25) is 0 Å². The molecule has 34 heavy (non-hydrogen) atoms. The van der Waals surface area contributed by atoms with Gasteiger partial charge in [0.05, 0.1) is 11.4 Å². The molecule has 0 saturated carbocycles. The van der Waals surface area contributed by atoms with Gasteiger partial charge in [0.25, 0.3) is 0 Å². The predicted molar refractivity (Wildman–Crippen MR) is 131 cm³/mol. The first-order chi connectivity index (χ1) is 16.8. The van der Waals surface area contributed by atoms with Crippen LogP contribution in [0.25, 0.3) is 11.4 Å². The minimum atomic E-state index is -0.0156. The molecule has 0 fully saturated rings. The Labute approximate surface area is 197 Å². The van der Waals surface area contributed by atoms with Crippen LogP contribution in [0.3, 0.4) is 0 Å². The largest absolute Gasteiger partial charge is 0.474 e. The molecule has 166 valence electrons. The van der Waals surface area contributed by atoms with Crippen LogP contribution in [0, 0.1) is 0 Å². The summed E-state index contributed by atoms with van der Waals surface area (Å²) in [7, 11) is 0. The molecule has 0 saturated heterocycles. The van der Waals surface area contributed by atoms with E-state index in [2.05, 4.69) is 24.3 Å². The average molecular weight is 447 g/mol. The van der Waals surface area contributed by atoms with Gasteiger partial charge in [-0.05, 0) is 35.4 Å². The van der Waals surface area contributed by atoms with Gasteiger partial charge in [0.1, 0.15) is 36.7 Å². The van der Waals surface area contributed by atoms with Gasteiger partial charge in [0, 0.05) is 0 Å². The summed E-state index contributed by atoms with van der Waals surface area (Å²) in [5.74, 6) is 1.11. The summed E-state index contributed by atoms with van der Waals surface area (Å²) in [5, 5.41) is 0. The lowest BCUT2D eigenvalue weighted by molar-refractivity contribution is 0.319. The Kier molecular flexibility index (Phi) is 5.32. The summed E-state index contributed by atoms with van der Waals surface area (Å²) in [6, 6.07) is 31.9. The van der Waals surface area contributed by atoms with Gasteiger partial charge in [0.2, 0.25) is 11.8 Å². The van der Waals surface area contributed by atoms with Crippen LogP contribution in [0.4, 0.5) is 0 Å². The Balaban J connectivity index is 1.26. The van der Waals surface area contributed by atoms with Crippen LogP contribution < -0.4 is 0 Å². The molecule has 2 aromatic carbocycles. The lowest BCUT2D eigenvalue weighted by Gasteiger charge is -2.06. The van der Waals surface area contributed by atoms with Crippen LogP contribution in [-0.4, -0.2) is 35.0 Å². The van der Waals surface area contributed by atoms with E-state index in [-0.39, 0.29) is 12.1 Å². The van der Waals surface area contributed by atoms with E-state index in [0.29, 0.717) is 36.4 Å². The van der Waals surface area contributed by atoms with Crippen molar-refractivity contribution in [3.05, 3.63) is 120 Å². The van der Waals surface area contributed by atoms with E-state index in [1.54, 1.807) is 0 Å². The van der Waals surface area contributed by atoms with Crippen molar-refractivity contribution in [3.63, 3.8) is 0 Å². The summed E-state index contributed by atoms with van der Waals surface area (Å²) in [6.45, 7) is 1.03. The van der Waals surface area contributed by atoms with Gasteiger partial charge in [-0.1, -0.05) is 72.8 Å². The number of aromatic nitrogens is 2. The molecule has 0 bridgehead atoms. The van der Waals surface area contributed by atoms with E-state index in [1.165, 1.54) is 0 Å². The molecule has 4 aromatic rings. The first kappa shape index (κ1) is 20.3. The smallest absolute Gasteiger partial charge is 0.236 e. The summed E-state index contributed by atoms with van der Waals surface area (Å²) in [4.78, 5) is 19.1. The van der Waals surface area contributed by atoms with Crippen molar-refractivity contribution < 1.29 is 9.47 Å². The van der Waals surface area contributed by atoms with Gasteiger partial charge in [-0.3, -0.25) is 0 Å². The molecule has 4 heterocycles. The number of nitrogens with zero attached hydrogens (tertiary/aromatic N) is 4. The highest BCUT2D eigenvalue weighted by Gasteiger charge is 2.24. The van der Waals surface area contributed by atoms with Gasteiger partial charge in [-0.25, -0.2) is 20.0 Å². The standard InChI is InChI=1S/C28H22N4O2/c1-3-9-19(10-4-1)25-17-33-27(31-25)23-15-7-13-21(29-23)22-14-8-16-24(30-22)28-32-26(18-34-28)20-11-5-2-6-12-20/h1-16,25-26H,17-18H2/t25-,26-/m0/s1. The zero-order chi connectivity index (χ0) is 22.7. The maximum atomic E-state index is 5.88. The number of rotatable bonds is 5. The van der Waals surface area contributed by atoms with Gasteiger partial charge in [-0.2, -0.15) is 0 Å². The average Bonchev–Trinajstić information content (AvgIpc) is 3.61. The zero-order valence-corrected chi connectivity index (χ0v) is 18.4. The quantitative estimate of drug-likeness (QED) is 0.424. The molecule has 2 aliphatic rings. The van der Waals surface area contributed by atoms with Crippen molar-refractivity contribution in [3.8, 4) is 11.4 Å². The predicted octanol–water partition coefficient (Wildman–Crippen LogP) is 5.18. The second-order valence-corrected chi connectivity index (χ2v) is 8.16. The lowest BCUT2D eigenvalue weighted by Crippen LogP contribution is -2.07. The van der Waals surface area contributed by atoms with Crippen molar-refractivity contribution in [2.75, 3.05) is 13.2 Å². The highest BCUT2D eigenvalue weighted by atomic mass is 16.5. The van der Waals surface area contributed by atoms with E-state index in [1.807, 2.05) is 72.8 Å². The molecular formula is C28H22N4O2. The monoisotopic (exact) mass is 446 g/mol. The fourth-order valence-corrected chi connectivity index (χ4v) is 4.11. The van der Waals surface area contributed by atoms with Crippen molar-refractivity contribution in [2.45, 2.75) is 12.1 Å². The first-order valence-corrected chi connectivity index (χ1v) is 11.3. The van der Waals surface area contributed by atoms with Crippen LogP contribution in [-0.2, 0) is 9.47 Å². The third-order valence-electron chi connectivity index (χ3n) is 5.87. The van der Waals surface area contributed by atoms with Crippen LogP contribution in [0.5, 0.6) is 0 Å². The summed E-state index contributed by atoms with van der Waals surface area (Å²) in [6.07, 6.45) is 0. The molecule has 2 atom stereocenters. The molecule has 0 aliphatic carbocycles. The minimum Gasteiger partial charge on any atom is -0.474 e. The minimum absolute atomic E-state index is 0.0156. The van der Waals surface area contributed by atoms with Gasteiger partial charge in [0.15, 0.2) is 0 Å². The molecular weight excluding hydrogens is 424 g/mol. The summed E-state index contributed by atoms with van der Waals surface area (Å²) in [5.41, 5.74) is 5.14. The van der Waals surface area contributed by atoms with Crippen molar-refractivity contribution in [1.82, 2.24) is 9.97 Å². The van der Waals surface area contributed by atoms with Crippen molar-refractivity contribution in [1.29, 1.82) is 0 Å². The van der Waals surface area contributed by atoms with E-state index >= 15 is 0 Å². The number of hydrogen-bond acceptors (Lipinski definition) is 6. The Morgan fingerprint density at radius 2 is 0.882 bits per heavy atom. The van der Waals surface area contributed by atoms with Crippen LogP contribution in [0.15, 0.2) is 107 Å². The highest BCUT2D eigenvalue weighted by molar-refractivity contribution is 5.95. The zero-order valence-electron chi connectivity index (χ0n) is 18.4. The molecule has 0 N–H and O–H groups in total. The second-order valence-electron chi connectivity index (χ2n) is 8.16. The van der Waals surface area contributed by atoms with Gasteiger partial charge < -0.3 is 9.47 Å². The fraction of sp³-hybridized carbons (Fsp3) is 0.143. The SMILES string of the molecule is c1ccc([C@@H]2COC(c3cccc(-c4cccc(C5=N[C@H](c6ccccc6)CO5)n4)n3)=N2)cc1. The molecule has 6 heteroatoms. The van der Waals surface area contributed by atoms with E-state index in [9.17, 15) is 0 Å². The number of ether oxygens (including phenoxy) is 2. The fourth-order valence-electron chi connectivity index (χ4n) is 4.11. The first-order valence-electron chi connectivity index (χ1n) is 11.3. The normalized spacial score (nSPS) is 19.2. The van der Waals surface area contributed by atoms with Crippen molar-refractivity contribution >= 4 is 11.8 Å². The molecule has 6 nitrogen and oxygen atoms in total. The topological polar surface area (TPSA) is 69.0 Å². The second kappa shape index (κ2) is 8.90. The van der Waals surface area contributed by atoms with Gasteiger partial charge >= 0.3 is 0 Å². The molecule has 0 unspecified atom stereocenters. The third-order valence-corrected chi connectivity index (χ3v) is 5.87. The number of pyridine rings is 2. The molecule has 6 rings (SSSR count). The van der Waals surface area contributed by atoms with E-state index in [0.717, 1.165) is 22.5 Å². The lowest BCUT2D eigenvalue weighted by atomic mass is 10.1. The van der Waals surface area contributed by atoms with Gasteiger partial charge in [-0.15, -0.1) is 0 Å².